The van der Waals surface area contributed by atoms with Gasteiger partial charge in [0.2, 0.25) is 0 Å². The molecule has 1 N–H and O–H groups in total. The molecule has 0 saturated carbocycles. The zero-order valence-corrected chi connectivity index (χ0v) is 11.3. The molecule has 1 aliphatic heterocycles. The van der Waals surface area contributed by atoms with Gasteiger partial charge in [-0.05, 0) is 12.8 Å². The van der Waals surface area contributed by atoms with Crippen LogP contribution in [0.4, 0.5) is 0 Å². The summed E-state index contributed by atoms with van der Waals surface area (Å²) in [6.07, 6.45) is 2.53. The lowest BCUT2D eigenvalue weighted by Gasteiger charge is -2.39. The number of nitrogens with zero attached hydrogens (tertiary/aromatic N) is 3. The Hall–Kier alpha value is -1.12. The molecule has 1 fully saturated rings. The number of carboxylic acids is 1. The predicted molar refractivity (Wildman–Crippen MR) is 69.2 cm³/mol. The Morgan fingerprint density at radius 3 is 2.22 bits per heavy atom. The van der Waals surface area contributed by atoms with Gasteiger partial charge < -0.3 is 5.11 Å². The van der Waals surface area contributed by atoms with E-state index >= 15 is 0 Å². The minimum Gasteiger partial charge on any atom is -0.480 e. The van der Waals surface area contributed by atoms with Gasteiger partial charge in [-0.15, -0.1) is 0 Å². The van der Waals surface area contributed by atoms with Crippen molar-refractivity contribution in [2.75, 3.05) is 26.2 Å². The van der Waals surface area contributed by atoms with Crippen molar-refractivity contribution in [3.05, 3.63) is 0 Å². The van der Waals surface area contributed by atoms with Crippen LogP contribution in [0.3, 0.4) is 0 Å². The van der Waals surface area contributed by atoms with Gasteiger partial charge in [0, 0.05) is 26.2 Å². The lowest BCUT2D eigenvalue weighted by Crippen LogP contribution is -2.54. The summed E-state index contributed by atoms with van der Waals surface area (Å²) in [7, 11) is 0. The summed E-state index contributed by atoms with van der Waals surface area (Å²) in [5, 5.41) is 18.2. The Labute approximate surface area is 109 Å². The van der Waals surface area contributed by atoms with Crippen LogP contribution in [0.1, 0.15) is 33.1 Å². The monoisotopic (exact) mass is 253 g/mol. The quantitative estimate of drug-likeness (QED) is 0.769. The molecule has 18 heavy (non-hydrogen) atoms. The van der Waals surface area contributed by atoms with Gasteiger partial charge >= 0.3 is 5.97 Å². The van der Waals surface area contributed by atoms with Crippen LogP contribution in [-0.2, 0) is 4.79 Å². The van der Waals surface area contributed by atoms with Crippen molar-refractivity contribution in [2.24, 2.45) is 0 Å². The first-order valence-corrected chi connectivity index (χ1v) is 6.74. The highest BCUT2D eigenvalue weighted by atomic mass is 16.4. The smallest absolute Gasteiger partial charge is 0.320 e. The highest BCUT2D eigenvalue weighted by Gasteiger charge is 2.29. The van der Waals surface area contributed by atoms with E-state index in [4.69, 9.17) is 10.4 Å². The molecule has 1 saturated heterocycles. The third kappa shape index (κ3) is 3.69. The van der Waals surface area contributed by atoms with E-state index in [1.165, 1.54) is 0 Å². The van der Waals surface area contributed by atoms with Crippen LogP contribution < -0.4 is 0 Å². The molecule has 1 heterocycles. The van der Waals surface area contributed by atoms with Crippen LogP contribution in [0.25, 0.3) is 0 Å². The Balaban J connectivity index is 2.50. The Morgan fingerprint density at radius 1 is 1.28 bits per heavy atom. The SMILES string of the molecule is CCCC(C#N)N1CCN(C(CC)C(=O)O)CC1. The third-order valence-corrected chi connectivity index (χ3v) is 3.61. The molecule has 1 rings (SSSR count). The first-order valence-electron chi connectivity index (χ1n) is 6.74. The summed E-state index contributed by atoms with van der Waals surface area (Å²) in [6, 6.07) is 1.96. The second kappa shape index (κ2) is 7.34. The van der Waals surface area contributed by atoms with E-state index in [2.05, 4.69) is 17.9 Å². The van der Waals surface area contributed by atoms with Crippen LogP contribution in [0, 0.1) is 11.3 Å². The van der Waals surface area contributed by atoms with Crippen molar-refractivity contribution in [3.8, 4) is 6.07 Å². The first kappa shape index (κ1) is 14.9. The number of carboxylic acid groups (broad SMARTS) is 1. The van der Waals surface area contributed by atoms with Crippen molar-refractivity contribution in [3.63, 3.8) is 0 Å². The number of carbonyl (C=O) groups is 1. The van der Waals surface area contributed by atoms with Gasteiger partial charge in [-0.2, -0.15) is 5.26 Å². The van der Waals surface area contributed by atoms with Gasteiger partial charge in [-0.25, -0.2) is 0 Å². The van der Waals surface area contributed by atoms with E-state index < -0.39 is 5.97 Å². The molecule has 5 nitrogen and oxygen atoms in total. The van der Waals surface area contributed by atoms with Crippen LogP contribution >= 0.6 is 0 Å². The molecule has 0 spiro atoms. The van der Waals surface area contributed by atoms with Crippen molar-refractivity contribution in [1.29, 1.82) is 5.26 Å². The Bertz CT molecular complexity index is 306. The van der Waals surface area contributed by atoms with Crippen molar-refractivity contribution in [1.82, 2.24) is 9.80 Å². The molecule has 2 unspecified atom stereocenters. The van der Waals surface area contributed by atoms with Gasteiger partial charge in [0.1, 0.15) is 6.04 Å². The number of aliphatic carboxylic acids is 1. The number of hydrogen-bond acceptors (Lipinski definition) is 4. The molecular formula is C13H23N3O2. The molecule has 1 aliphatic rings. The highest BCUT2D eigenvalue weighted by Crippen LogP contribution is 2.14. The second-order valence-corrected chi connectivity index (χ2v) is 4.77. The van der Waals surface area contributed by atoms with Crippen LogP contribution in [-0.4, -0.2) is 59.1 Å². The molecule has 0 bridgehead atoms. The molecule has 0 radical (unpaired) electrons. The fraction of sp³-hybridized carbons (Fsp3) is 0.846. The van der Waals surface area contributed by atoms with Crippen LogP contribution in [0.2, 0.25) is 0 Å². The number of hydrogen-bond donors (Lipinski definition) is 1. The van der Waals surface area contributed by atoms with Crippen molar-refractivity contribution in [2.45, 2.75) is 45.2 Å². The van der Waals surface area contributed by atoms with E-state index in [0.717, 1.165) is 39.0 Å². The number of nitriles is 1. The molecule has 0 aromatic heterocycles. The molecule has 0 aliphatic carbocycles. The van der Waals surface area contributed by atoms with E-state index in [1.54, 1.807) is 0 Å². The second-order valence-electron chi connectivity index (χ2n) is 4.77. The van der Waals surface area contributed by atoms with Gasteiger partial charge in [0.25, 0.3) is 0 Å². The van der Waals surface area contributed by atoms with E-state index in [-0.39, 0.29) is 12.1 Å². The zero-order valence-electron chi connectivity index (χ0n) is 11.3. The van der Waals surface area contributed by atoms with Gasteiger partial charge in [0.05, 0.1) is 12.1 Å². The third-order valence-electron chi connectivity index (χ3n) is 3.61. The van der Waals surface area contributed by atoms with Crippen molar-refractivity contribution >= 4 is 5.97 Å². The van der Waals surface area contributed by atoms with Gasteiger partial charge in [0.15, 0.2) is 0 Å². The first-order chi connectivity index (χ1) is 8.63. The standard InChI is InChI=1S/C13H23N3O2/c1-3-5-11(10-14)15-6-8-16(9-7-15)12(4-2)13(17)18/h11-12H,3-9H2,1-2H3,(H,17,18). The topological polar surface area (TPSA) is 67.6 Å². The lowest BCUT2D eigenvalue weighted by atomic mass is 10.1. The molecule has 5 heteroatoms. The van der Waals surface area contributed by atoms with E-state index in [1.807, 2.05) is 11.8 Å². The fourth-order valence-corrected chi connectivity index (χ4v) is 2.55. The predicted octanol–water partition coefficient (Wildman–Crippen LogP) is 1.16. The summed E-state index contributed by atoms with van der Waals surface area (Å²) in [5.41, 5.74) is 0. The highest BCUT2D eigenvalue weighted by molar-refractivity contribution is 5.73. The summed E-state index contributed by atoms with van der Waals surface area (Å²) in [6.45, 7) is 7.06. The molecule has 0 aromatic carbocycles. The fourth-order valence-electron chi connectivity index (χ4n) is 2.55. The maximum Gasteiger partial charge on any atom is 0.320 e. The van der Waals surface area contributed by atoms with E-state index in [0.29, 0.717) is 6.42 Å². The summed E-state index contributed by atoms with van der Waals surface area (Å²) in [4.78, 5) is 15.3. The average molecular weight is 253 g/mol. The van der Waals surface area contributed by atoms with Gasteiger partial charge in [-0.1, -0.05) is 20.3 Å². The summed E-state index contributed by atoms with van der Waals surface area (Å²) < 4.78 is 0. The summed E-state index contributed by atoms with van der Waals surface area (Å²) >= 11 is 0. The van der Waals surface area contributed by atoms with Crippen LogP contribution in [0.5, 0.6) is 0 Å². The minimum absolute atomic E-state index is 0.0120. The van der Waals surface area contributed by atoms with E-state index in [9.17, 15) is 4.79 Å². The number of rotatable bonds is 6. The molecule has 2 atom stereocenters. The summed E-state index contributed by atoms with van der Waals surface area (Å²) in [5.74, 6) is -0.739. The Kier molecular flexibility index (Phi) is 6.10. The van der Waals surface area contributed by atoms with Crippen LogP contribution in [0.15, 0.2) is 0 Å². The molecule has 0 amide bonds. The zero-order chi connectivity index (χ0) is 13.5. The maximum atomic E-state index is 11.1. The molecule has 0 aromatic rings. The maximum absolute atomic E-state index is 11.1. The minimum atomic E-state index is -0.739. The Morgan fingerprint density at radius 2 is 1.83 bits per heavy atom. The van der Waals surface area contributed by atoms with Crippen molar-refractivity contribution < 1.29 is 9.90 Å². The van der Waals surface area contributed by atoms with Gasteiger partial charge in [-0.3, -0.25) is 14.6 Å². The average Bonchev–Trinajstić information content (AvgIpc) is 2.37. The normalized spacial score (nSPS) is 21.2. The largest absolute Gasteiger partial charge is 0.480 e. The molecule has 102 valence electrons. The molecular weight excluding hydrogens is 230 g/mol. The number of piperazine rings is 1. The lowest BCUT2D eigenvalue weighted by molar-refractivity contribution is -0.144.